The monoisotopic (exact) mass is 398 g/mol. The van der Waals surface area contributed by atoms with Gasteiger partial charge < -0.3 is 30.2 Å². The largest absolute Gasteiger partial charge is 0.494 e. The van der Waals surface area contributed by atoms with E-state index in [1.165, 1.54) is 12.1 Å². The first-order chi connectivity index (χ1) is 13.9. The van der Waals surface area contributed by atoms with Crippen molar-refractivity contribution in [2.24, 2.45) is 0 Å². The number of nitrogens with zero attached hydrogens (tertiary/aromatic N) is 2. The summed E-state index contributed by atoms with van der Waals surface area (Å²) >= 11 is 0. The molecule has 10 nitrogen and oxygen atoms in total. The van der Waals surface area contributed by atoms with Crippen LogP contribution in [0.25, 0.3) is 11.1 Å². The number of aryl methyl sites for hydroxylation is 1. The smallest absolute Gasteiger partial charge is 0.342 e. The summed E-state index contributed by atoms with van der Waals surface area (Å²) in [7, 11) is 0. The fourth-order valence-electron chi connectivity index (χ4n) is 2.91. The number of benzene rings is 1. The molecule has 0 fully saturated rings. The highest BCUT2D eigenvalue weighted by Crippen LogP contribution is 2.30. The number of rotatable bonds is 8. The standard InChI is InChI=1S/C19H18N4O6/c20-16-14(18(25)26)13(15(19(27)28)17(24)22-16)11-2-4-12(5-3-11)29-9-1-7-23-8-6-21-10-23/h2-6,8,10H,1,7,9H2,(H,25,26)(H,27,28)(H3,20,22,24). The summed E-state index contributed by atoms with van der Waals surface area (Å²) in [5, 5.41) is 18.9. The number of nitrogen functional groups attached to an aromatic ring is 1. The summed E-state index contributed by atoms with van der Waals surface area (Å²) in [6.45, 7) is 1.18. The molecule has 0 aliphatic heterocycles. The third-order valence-corrected chi connectivity index (χ3v) is 4.20. The molecule has 0 aliphatic rings. The second kappa shape index (κ2) is 8.30. The average molecular weight is 398 g/mol. The highest BCUT2D eigenvalue weighted by Gasteiger charge is 2.26. The first-order valence-electron chi connectivity index (χ1n) is 8.59. The molecule has 0 unspecified atom stereocenters. The van der Waals surface area contributed by atoms with Gasteiger partial charge in [-0.3, -0.25) is 4.79 Å². The number of carbonyl (C=O) groups is 2. The quantitative estimate of drug-likeness (QED) is 0.417. The minimum absolute atomic E-state index is 0.225. The van der Waals surface area contributed by atoms with Crippen LogP contribution in [0, 0.1) is 0 Å². The predicted molar refractivity (Wildman–Crippen MR) is 103 cm³/mol. The molecule has 5 N–H and O–H groups in total. The molecule has 1 aromatic carbocycles. The van der Waals surface area contributed by atoms with E-state index in [1.807, 2.05) is 10.8 Å². The molecule has 0 saturated carbocycles. The summed E-state index contributed by atoms with van der Waals surface area (Å²) < 4.78 is 7.56. The van der Waals surface area contributed by atoms with Crippen LogP contribution in [0.3, 0.4) is 0 Å². The van der Waals surface area contributed by atoms with E-state index in [9.17, 15) is 24.6 Å². The number of aromatic amines is 1. The number of pyridine rings is 1. The molecule has 2 heterocycles. The Morgan fingerprint density at radius 1 is 1.14 bits per heavy atom. The highest BCUT2D eigenvalue weighted by atomic mass is 16.5. The molecule has 0 aliphatic carbocycles. The molecule has 29 heavy (non-hydrogen) atoms. The number of ether oxygens (including phenoxy) is 1. The van der Waals surface area contributed by atoms with E-state index >= 15 is 0 Å². The van der Waals surface area contributed by atoms with E-state index in [0.29, 0.717) is 12.4 Å². The third kappa shape index (κ3) is 4.26. The van der Waals surface area contributed by atoms with Gasteiger partial charge in [-0.2, -0.15) is 0 Å². The number of nitrogens with one attached hydrogen (secondary N) is 1. The number of anilines is 1. The fourth-order valence-corrected chi connectivity index (χ4v) is 2.91. The maximum atomic E-state index is 12.0. The van der Waals surface area contributed by atoms with Gasteiger partial charge >= 0.3 is 11.9 Å². The van der Waals surface area contributed by atoms with Gasteiger partial charge in [0.2, 0.25) is 0 Å². The second-order valence-corrected chi connectivity index (χ2v) is 6.13. The van der Waals surface area contributed by atoms with Crippen molar-refractivity contribution >= 4 is 17.8 Å². The van der Waals surface area contributed by atoms with Crippen LogP contribution in [0.5, 0.6) is 5.75 Å². The molecule has 0 radical (unpaired) electrons. The number of nitrogens with two attached hydrogens (primary N) is 1. The number of aromatic carboxylic acids is 2. The van der Waals surface area contributed by atoms with Crippen molar-refractivity contribution in [2.75, 3.05) is 12.3 Å². The van der Waals surface area contributed by atoms with Gasteiger partial charge in [0, 0.05) is 24.5 Å². The number of hydrogen-bond acceptors (Lipinski definition) is 6. The van der Waals surface area contributed by atoms with E-state index in [1.54, 1.807) is 24.7 Å². The number of aromatic nitrogens is 3. The normalized spacial score (nSPS) is 10.6. The Morgan fingerprint density at radius 2 is 1.83 bits per heavy atom. The zero-order valence-electron chi connectivity index (χ0n) is 15.2. The lowest BCUT2D eigenvalue weighted by Crippen LogP contribution is -2.24. The van der Waals surface area contributed by atoms with E-state index < -0.39 is 34.4 Å². The molecule has 3 rings (SSSR count). The van der Waals surface area contributed by atoms with Gasteiger partial charge in [0.25, 0.3) is 5.56 Å². The van der Waals surface area contributed by atoms with E-state index in [4.69, 9.17) is 10.5 Å². The van der Waals surface area contributed by atoms with Crippen LogP contribution in [-0.2, 0) is 6.54 Å². The molecule has 2 aromatic heterocycles. The first kappa shape index (κ1) is 19.7. The van der Waals surface area contributed by atoms with Crippen LogP contribution in [0.2, 0.25) is 0 Å². The van der Waals surface area contributed by atoms with Crippen LogP contribution in [0.1, 0.15) is 27.1 Å². The molecule has 0 amide bonds. The molecule has 0 saturated heterocycles. The maximum Gasteiger partial charge on any atom is 0.342 e. The maximum absolute atomic E-state index is 12.0. The lowest BCUT2D eigenvalue weighted by molar-refractivity contribution is 0.0695. The Labute approximate surface area is 164 Å². The van der Waals surface area contributed by atoms with Crippen molar-refractivity contribution < 1.29 is 24.5 Å². The van der Waals surface area contributed by atoms with Crippen molar-refractivity contribution in [1.82, 2.24) is 14.5 Å². The lowest BCUT2D eigenvalue weighted by Gasteiger charge is -2.13. The zero-order valence-corrected chi connectivity index (χ0v) is 15.2. The topological polar surface area (TPSA) is 161 Å². The Morgan fingerprint density at radius 3 is 2.41 bits per heavy atom. The zero-order chi connectivity index (χ0) is 21.0. The molecule has 150 valence electrons. The summed E-state index contributed by atoms with van der Waals surface area (Å²) in [6, 6.07) is 6.11. The van der Waals surface area contributed by atoms with E-state index in [2.05, 4.69) is 9.97 Å². The minimum atomic E-state index is -1.55. The van der Waals surface area contributed by atoms with Gasteiger partial charge in [-0.25, -0.2) is 14.6 Å². The Balaban J connectivity index is 1.84. The van der Waals surface area contributed by atoms with Crippen LogP contribution < -0.4 is 16.0 Å². The summed E-state index contributed by atoms with van der Waals surface area (Å²) in [5.74, 6) is -2.90. The highest BCUT2D eigenvalue weighted by molar-refractivity contribution is 6.07. The van der Waals surface area contributed by atoms with Gasteiger partial charge in [-0.1, -0.05) is 12.1 Å². The van der Waals surface area contributed by atoms with Gasteiger partial charge in [0.15, 0.2) is 0 Å². The van der Waals surface area contributed by atoms with Crippen LogP contribution in [-0.4, -0.2) is 43.3 Å². The van der Waals surface area contributed by atoms with Gasteiger partial charge in [0.1, 0.15) is 22.7 Å². The Kier molecular flexibility index (Phi) is 5.63. The molecule has 10 heteroatoms. The Bertz CT molecular complexity index is 1090. The fraction of sp³-hybridized carbons (Fsp3) is 0.158. The van der Waals surface area contributed by atoms with Crippen molar-refractivity contribution in [1.29, 1.82) is 0 Å². The van der Waals surface area contributed by atoms with Crippen LogP contribution in [0.15, 0.2) is 47.8 Å². The first-order valence-corrected chi connectivity index (χ1v) is 8.59. The lowest BCUT2D eigenvalue weighted by atomic mass is 9.95. The summed E-state index contributed by atoms with van der Waals surface area (Å²) in [5.41, 5.74) is 3.45. The SMILES string of the molecule is Nc1[nH]c(=O)c(C(=O)O)c(-c2ccc(OCCCn3ccnc3)cc2)c1C(=O)O. The third-order valence-electron chi connectivity index (χ3n) is 4.20. The minimum Gasteiger partial charge on any atom is -0.494 e. The molecule has 0 atom stereocenters. The van der Waals surface area contributed by atoms with E-state index in [-0.39, 0.29) is 11.1 Å². The van der Waals surface area contributed by atoms with Gasteiger partial charge in [0.05, 0.1) is 12.9 Å². The van der Waals surface area contributed by atoms with Crippen LogP contribution >= 0.6 is 0 Å². The number of hydrogen-bond donors (Lipinski definition) is 4. The van der Waals surface area contributed by atoms with Crippen LogP contribution in [0.4, 0.5) is 5.82 Å². The van der Waals surface area contributed by atoms with Crippen molar-refractivity contribution in [3.63, 3.8) is 0 Å². The number of carboxylic acid groups (broad SMARTS) is 2. The molecular formula is C19H18N4O6. The molecule has 3 aromatic rings. The summed E-state index contributed by atoms with van der Waals surface area (Å²) in [6.07, 6.45) is 6.00. The van der Waals surface area contributed by atoms with Crippen molar-refractivity contribution in [3.8, 4) is 16.9 Å². The molecule has 0 bridgehead atoms. The number of imidazole rings is 1. The molecule has 0 spiro atoms. The average Bonchev–Trinajstić information content (AvgIpc) is 3.18. The number of H-pyrrole nitrogens is 1. The number of carboxylic acids is 2. The van der Waals surface area contributed by atoms with Gasteiger partial charge in [-0.05, 0) is 24.1 Å². The van der Waals surface area contributed by atoms with Gasteiger partial charge in [-0.15, -0.1) is 0 Å². The second-order valence-electron chi connectivity index (χ2n) is 6.13. The predicted octanol–water partition coefficient (Wildman–Crippen LogP) is 1.69. The van der Waals surface area contributed by atoms with Crippen molar-refractivity contribution in [2.45, 2.75) is 13.0 Å². The summed E-state index contributed by atoms with van der Waals surface area (Å²) in [4.78, 5) is 41.2. The Hall–Kier alpha value is -4.08. The van der Waals surface area contributed by atoms with E-state index in [0.717, 1.165) is 13.0 Å². The molecular weight excluding hydrogens is 380 g/mol. The van der Waals surface area contributed by atoms with Crippen molar-refractivity contribution in [3.05, 3.63) is 64.5 Å².